The Kier molecular flexibility index (Phi) is 4.24. The van der Waals surface area contributed by atoms with Gasteiger partial charge in [0.15, 0.2) is 5.82 Å². The number of hydrogen-bond donors (Lipinski definition) is 2. The first-order valence-electron chi connectivity index (χ1n) is 6.06. The molecule has 0 aliphatic heterocycles. The van der Waals surface area contributed by atoms with Gasteiger partial charge in [0.2, 0.25) is 0 Å². The van der Waals surface area contributed by atoms with Gasteiger partial charge in [-0.3, -0.25) is 9.48 Å². The molecule has 0 spiro atoms. The zero-order chi connectivity index (χ0) is 14.5. The van der Waals surface area contributed by atoms with Crippen LogP contribution in [0.15, 0.2) is 18.6 Å². The van der Waals surface area contributed by atoms with Crippen molar-refractivity contribution in [1.82, 2.24) is 25.1 Å². The van der Waals surface area contributed by atoms with E-state index in [1.165, 1.54) is 0 Å². The van der Waals surface area contributed by atoms with Crippen molar-refractivity contribution in [2.75, 3.05) is 18.9 Å². The normalized spacial score (nSPS) is 10.3. The number of carbonyl (C=O) groups excluding carboxylic acids is 1. The van der Waals surface area contributed by atoms with Crippen molar-refractivity contribution in [1.29, 1.82) is 0 Å². The molecular weight excluding hydrogens is 263 g/mol. The summed E-state index contributed by atoms with van der Waals surface area (Å²) in [7, 11) is 3.39. The summed E-state index contributed by atoms with van der Waals surface area (Å²) in [6.45, 7) is 0.364. The molecule has 1 amide bonds. The third kappa shape index (κ3) is 3.28. The van der Waals surface area contributed by atoms with E-state index in [1.807, 2.05) is 0 Å². The highest BCUT2D eigenvalue weighted by Gasteiger charge is 2.13. The fourth-order valence-electron chi connectivity index (χ4n) is 1.69. The summed E-state index contributed by atoms with van der Waals surface area (Å²) in [5.41, 5.74) is 0.168. The lowest BCUT2D eigenvalue weighted by molar-refractivity contribution is 0.0954. The molecule has 0 unspecified atom stereocenters. The van der Waals surface area contributed by atoms with Gasteiger partial charge >= 0.3 is 0 Å². The van der Waals surface area contributed by atoms with Gasteiger partial charge in [-0.1, -0.05) is 0 Å². The minimum Gasteiger partial charge on any atom is -0.372 e. The Hall–Kier alpha value is -2.51. The SMILES string of the molecule is CNc1ncc(F)cc1C(=O)NCCc1ncn(C)n1. The monoisotopic (exact) mass is 278 g/mol. The van der Waals surface area contributed by atoms with Crippen LogP contribution in [0.1, 0.15) is 16.2 Å². The van der Waals surface area contributed by atoms with Gasteiger partial charge in [-0.05, 0) is 6.07 Å². The van der Waals surface area contributed by atoms with E-state index in [0.29, 0.717) is 24.6 Å². The number of aromatic nitrogens is 4. The van der Waals surface area contributed by atoms with Crippen molar-refractivity contribution in [2.45, 2.75) is 6.42 Å². The molecule has 0 atom stereocenters. The van der Waals surface area contributed by atoms with Gasteiger partial charge < -0.3 is 10.6 Å². The van der Waals surface area contributed by atoms with Gasteiger partial charge in [-0.15, -0.1) is 0 Å². The minimum absolute atomic E-state index is 0.168. The topological polar surface area (TPSA) is 84.7 Å². The van der Waals surface area contributed by atoms with Crippen LogP contribution in [0, 0.1) is 5.82 Å². The van der Waals surface area contributed by atoms with E-state index in [1.54, 1.807) is 25.1 Å². The number of rotatable bonds is 5. The average Bonchev–Trinajstić information content (AvgIpc) is 2.84. The van der Waals surface area contributed by atoms with Gasteiger partial charge in [-0.2, -0.15) is 5.10 Å². The Morgan fingerprint density at radius 3 is 2.90 bits per heavy atom. The van der Waals surface area contributed by atoms with Crippen molar-refractivity contribution in [3.05, 3.63) is 35.8 Å². The van der Waals surface area contributed by atoms with Crippen molar-refractivity contribution in [2.24, 2.45) is 7.05 Å². The second-order valence-corrected chi connectivity index (χ2v) is 4.14. The lowest BCUT2D eigenvalue weighted by atomic mass is 10.2. The first-order valence-corrected chi connectivity index (χ1v) is 6.06. The molecule has 8 heteroatoms. The first kappa shape index (κ1) is 13.9. The van der Waals surface area contributed by atoms with Gasteiger partial charge in [0.1, 0.15) is 18.0 Å². The maximum Gasteiger partial charge on any atom is 0.255 e. The predicted molar refractivity (Wildman–Crippen MR) is 70.8 cm³/mol. The number of amides is 1. The van der Waals surface area contributed by atoms with Crippen LogP contribution in [0.25, 0.3) is 0 Å². The molecule has 0 aliphatic rings. The van der Waals surface area contributed by atoms with E-state index < -0.39 is 11.7 Å². The molecule has 0 radical (unpaired) electrons. The molecular formula is C12H15FN6O. The number of anilines is 1. The van der Waals surface area contributed by atoms with Crippen LogP contribution in [-0.4, -0.2) is 39.2 Å². The molecule has 2 aromatic heterocycles. The summed E-state index contributed by atoms with van der Waals surface area (Å²) in [6.07, 6.45) is 3.15. The molecule has 7 nitrogen and oxygen atoms in total. The summed E-state index contributed by atoms with van der Waals surface area (Å²) in [4.78, 5) is 19.8. The number of hydrogen-bond acceptors (Lipinski definition) is 5. The van der Waals surface area contributed by atoms with Crippen LogP contribution >= 0.6 is 0 Å². The Balaban J connectivity index is 1.96. The molecule has 0 fully saturated rings. The lowest BCUT2D eigenvalue weighted by Gasteiger charge is -2.08. The Morgan fingerprint density at radius 1 is 1.45 bits per heavy atom. The minimum atomic E-state index is -0.555. The standard InChI is InChI=1S/C12H15FN6O/c1-14-11-9(5-8(13)6-16-11)12(20)15-4-3-10-17-7-19(2)18-10/h5-7H,3-4H2,1-2H3,(H,14,16)(H,15,20). The van der Waals surface area contributed by atoms with Crippen LogP contribution < -0.4 is 10.6 Å². The summed E-state index contributed by atoms with van der Waals surface area (Å²) < 4.78 is 14.7. The molecule has 106 valence electrons. The largest absolute Gasteiger partial charge is 0.372 e. The highest BCUT2D eigenvalue weighted by atomic mass is 19.1. The van der Waals surface area contributed by atoms with Crippen LogP contribution in [-0.2, 0) is 13.5 Å². The third-order valence-corrected chi connectivity index (χ3v) is 2.62. The van der Waals surface area contributed by atoms with E-state index in [-0.39, 0.29) is 5.56 Å². The molecule has 2 rings (SSSR count). The zero-order valence-corrected chi connectivity index (χ0v) is 11.2. The molecule has 0 saturated heterocycles. The number of carbonyl (C=O) groups is 1. The first-order chi connectivity index (χ1) is 9.60. The van der Waals surface area contributed by atoms with Gasteiger partial charge in [-0.25, -0.2) is 14.4 Å². The van der Waals surface area contributed by atoms with Crippen molar-refractivity contribution in [3.8, 4) is 0 Å². The second kappa shape index (κ2) is 6.09. The molecule has 0 aliphatic carbocycles. The van der Waals surface area contributed by atoms with Crippen LogP contribution in [0.4, 0.5) is 10.2 Å². The summed E-state index contributed by atoms with van der Waals surface area (Å²) in [5.74, 6) is 0.0247. The molecule has 2 aromatic rings. The molecule has 2 N–H and O–H groups in total. The number of nitrogens with zero attached hydrogens (tertiary/aromatic N) is 4. The van der Waals surface area contributed by atoms with Gasteiger partial charge in [0.25, 0.3) is 5.91 Å². The van der Waals surface area contributed by atoms with Crippen molar-refractivity contribution in [3.63, 3.8) is 0 Å². The molecule has 0 saturated carbocycles. The predicted octanol–water partition coefficient (Wildman–Crippen LogP) is 0.363. The van der Waals surface area contributed by atoms with Crippen molar-refractivity contribution >= 4 is 11.7 Å². The fourth-order valence-corrected chi connectivity index (χ4v) is 1.69. The number of halogens is 1. The summed E-state index contributed by atoms with van der Waals surface area (Å²) in [6, 6.07) is 1.15. The van der Waals surface area contributed by atoms with Crippen LogP contribution in [0.2, 0.25) is 0 Å². The van der Waals surface area contributed by atoms with E-state index >= 15 is 0 Å². The Labute approximate surface area is 115 Å². The van der Waals surface area contributed by atoms with E-state index in [4.69, 9.17) is 0 Å². The lowest BCUT2D eigenvalue weighted by Crippen LogP contribution is -2.27. The Bertz CT molecular complexity index is 612. The number of aryl methyl sites for hydroxylation is 1. The van der Waals surface area contributed by atoms with Crippen molar-refractivity contribution < 1.29 is 9.18 Å². The molecule has 20 heavy (non-hydrogen) atoms. The number of pyridine rings is 1. The molecule has 0 aromatic carbocycles. The quantitative estimate of drug-likeness (QED) is 0.825. The maximum absolute atomic E-state index is 13.1. The summed E-state index contributed by atoms with van der Waals surface area (Å²) in [5, 5.41) is 9.53. The third-order valence-electron chi connectivity index (χ3n) is 2.62. The highest BCUT2D eigenvalue weighted by molar-refractivity contribution is 5.98. The number of nitrogens with one attached hydrogen (secondary N) is 2. The summed E-state index contributed by atoms with van der Waals surface area (Å²) >= 11 is 0. The van der Waals surface area contributed by atoms with Crippen LogP contribution in [0.5, 0.6) is 0 Å². The zero-order valence-electron chi connectivity index (χ0n) is 11.2. The fraction of sp³-hybridized carbons (Fsp3) is 0.333. The van der Waals surface area contributed by atoms with E-state index in [9.17, 15) is 9.18 Å². The Morgan fingerprint density at radius 2 is 2.25 bits per heavy atom. The molecule has 0 bridgehead atoms. The van der Waals surface area contributed by atoms with Gasteiger partial charge in [0.05, 0.1) is 11.8 Å². The van der Waals surface area contributed by atoms with Crippen LogP contribution in [0.3, 0.4) is 0 Å². The average molecular weight is 278 g/mol. The van der Waals surface area contributed by atoms with E-state index in [2.05, 4.69) is 25.7 Å². The molecule has 2 heterocycles. The smallest absolute Gasteiger partial charge is 0.255 e. The van der Waals surface area contributed by atoms with E-state index in [0.717, 1.165) is 12.3 Å². The van der Waals surface area contributed by atoms with Gasteiger partial charge in [0, 0.05) is 27.1 Å². The second-order valence-electron chi connectivity index (χ2n) is 4.14. The maximum atomic E-state index is 13.1. The highest BCUT2D eigenvalue weighted by Crippen LogP contribution is 2.12.